The first-order valence-corrected chi connectivity index (χ1v) is 9.61. The second-order valence-corrected chi connectivity index (χ2v) is 7.99. The Balaban J connectivity index is 1.74. The van der Waals surface area contributed by atoms with Gasteiger partial charge in [0.05, 0.1) is 5.60 Å². The summed E-state index contributed by atoms with van der Waals surface area (Å²) in [6.45, 7) is 6.94. The van der Waals surface area contributed by atoms with Gasteiger partial charge in [-0.15, -0.1) is 0 Å². The summed E-state index contributed by atoms with van der Waals surface area (Å²) < 4.78 is 6.19. The maximum atomic E-state index is 6.19. The molecule has 3 aliphatic rings. The van der Waals surface area contributed by atoms with Crippen LogP contribution in [0.4, 0.5) is 0 Å². The minimum atomic E-state index is 0.294. The van der Waals surface area contributed by atoms with Crippen molar-refractivity contribution in [2.45, 2.75) is 96.1 Å². The second-order valence-electron chi connectivity index (χ2n) is 7.99. The molecule has 0 aromatic rings. The van der Waals surface area contributed by atoms with Gasteiger partial charge in [-0.3, -0.25) is 0 Å². The van der Waals surface area contributed by atoms with Crippen molar-refractivity contribution in [3.63, 3.8) is 0 Å². The Morgan fingerprint density at radius 3 is 2.43 bits per heavy atom. The molecule has 2 heteroatoms. The van der Waals surface area contributed by atoms with Crippen molar-refractivity contribution in [1.29, 1.82) is 0 Å². The van der Waals surface area contributed by atoms with Gasteiger partial charge in [0, 0.05) is 12.6 Å². The zero-order valence-electron chi connectivity index (χ0n) is 14.3. The van der Waals surface area contributed by atoms with Crippen LogP contribution in [0.5, 0.6) is 0 Å². The maximum absolute atomic E-state index is 6.19. The van der Waals surface area contributed by atoms with Gasteiger partial charge in [-0.2, -0.15) is 0 Å². The van der Waals surface area contributed by atoms with E-state index in [1.807, 2.05) is 0 Å². The lowest BCUT2D eigenvalue weighted by Crippen LogP contribution is -2.55. The molecule has 0 aromatic heterocycles. The molecule has 0 amide bonds. The first-order chi connectivity index (χ1) is 10.2. The lowest BCUT2D eigenvalue weighted by molar-refractivity contribution is -0.152. The molecule has 0 aromatic carbocycles. The fraction of sp³-hybridized carbons (Fsp3) is 1.00. The van der Waals surface area contributed by atoms with Gasteiger partial charge in [0.2, 0.25) is 0 Å². The topological polar surface area (TPSA) is 21.3 Å². The molecule has 1 saturated heterocycles. The summed E-state index contributed by atoms with van der Waals surface area (Å²) in [5, 5.41) is 4.00. The number of hydrogen-bond acceptors (Lipinski definition) is 2. The number of rotatable bonds is 6. The Morgan fingerprint density at radius 1 is 1.10 bits per heavy atom. The molecule has 2 nitrogen and oxygen atoms in total. The molecule has 1 aliphatic heterocycles. The van der Waals surface area contributed by atoms with Gasteiger partial charge in [-0.1, -0.05) is 26.7 Å². The average molecular weight is 293 g/mol. The van der Waals surface area contributed by atoms with Crippen molar-refractivity contribution in [2.75, 3.05) is 13.2 Å². The predicted octanol–water partition coefficient (Wildman–Crippen LogP) is 4.67. The first-order valence-electron chi connectivity index (χ1n) is 9.61. The van der Waals surface area contributed by atoms with Gasteiger partial charge in [-0.05, 0) is 75.7 Å². The van der Waals surface area contributed by atoms with E-state index in [2.05, 4.69) is 19.2 Å². The SMILES string of the molecule is CCCNC(C1CCOC2(CCC2)C1)C1(CC)CCCC1. The predicted molar refractivity (Wildman–Crippen MR) is 88.5 cm³/mol. The Morgan fingerprint density at radius 2 is 1.86 bits per heavy atom. The Kier molecular flexibility index (Phi) is 4.95. The number of nitrogens with one attached hydrogen (secondary N) is 1. The van der Waals surface area contributed by atoms with Crippen LogP contribution < -0.4 is 5.32 Å². The van der Waals surface area contributed by atoms with Crippen molar-refractivity contribution >= 4 is 0 Å². The van der Waals surface area contributed by atoms with E-state index in [-0.39, 0.29) is 0 Å². The van der Waals surface area contributed by atoms with E-state index in [0.717, 1.165) is 18.6 Å². The lowest BCUT2D eigenvalue weighted by atomic mass is 9.64. The van der Waals surface area contributed by atoms with Gasteiger partial charge in [0.25, 0.3) is 0 Å². The number of ether oxygens (including phenoxy) is 1. The van der Waals surface area contributed by atoms with Gasteiger partial charge >= 0.3 is 0 Å². The third-order valence-electron chi connectivity index (χ3n) is 6.84. The van der Waals surface area contributed by atoms with Crippen molar-refractivity contribution < 1.29 is 4.74 Å². The molecule has 0 bridgehead atoms. The molecule has 2 aliphatic carbocycles. The Labute approximate surface area is 131 Å². The molecule has 2 atom stereocenters. The fourth-order valence-corrected chi connectivity index (χ4v) is 5.42. The summed E-state index contributed by atoms with van der Waals surface area (Å²) in [7, 11) is 0. The van der Waals surface area contributed by atoms with E-state index in [9.17, 15) is 0 Å². The van der Waals surface area contributed by atoms with Crippen LogP contribution in [0, 0.1) is 11.3 Å². The monoisotopic (exact) mass is 293 g/mol. The van der Waals surface area contributed by atoms with Crippen LogP contribution in [0.3, 0.4) is 0 Å². The van der Waals surface area contributed by atoms with Crippen LogP contribution in [0.2, 0.25) is 0 Å². The van der Waals surface area contributed by atoms with Crippen LogP contribution >= 0.6 is 0 Å². The Hall–Kier alpha value is -0.0800. The maximum Gasteiger partial charge on any atom is 0.0685 e. The summed E-state index contributed by atoms with van der Waals surface area (Å²) in [6, 6.07) is 0.742. The van der Waals surface area contributed by atoms with Crippen molar-refractivity contribution in [2.24, 2.45) is 11.3 Å². The van der Waals surface area contributed by atoms with Crippen LogP contribution in [-0.2, 0) is 4.74 Å². The molecule has 0 radical (unpaired) electrons. The highest BCUT2D eigenvalue weighted by Gasteiger charge is 2.49. The highest BCUT2D eigenvalue weighted by Crippen LogP contribution is 2.51. The van der Waals surface area contributed by atoms with Crippen molar-refractivity contribution in [3.8, 4) is 0 Å². The highest BCUT2D eigenvalue weighted by atomic mass is 16.5. The molecule has 3 rings (SSSR count). The van der Waals surface area contributed by atoms with Crippen LogP contribution in [0.25, 0.3) is 0 Å². The normalized spacial score (nSPS) is 32.0. The fourth-order valence-electron chi connectivity index (χ4n) is 5.42. The van der Waals surface area contributed by atoms with Gasteiger partial charge in [-0.25, -0.2) is 0 Å². The van der Waals surface area contributed by atoms with E-state index in [0.29, 0.717) is 11.0 Å². The van der Waals surface area contributed by atoms with Gasteiger partial charge < -0.3 is 10.1 Å². The average Bonchev–Trinajstić information content (AvgIpc) is 2.96. The van der Waals surface area contributed by atoms with Crippen LogP contribution in [-0.4, -0.2) is 24.8 Å². The third-order valence-corrected chi connectivity index (χ3v) is 6.84. The molecular weight excluding hydrogens is 258 g/mol. The molecule has 1 N–H and O–H groups in total. The lowest BCUT2D eigenvalue weighted by Gasteiger charge is -2.52. The van der Waals surface area contributed by atoms with Crippen LogP contribution in [0.1, 0.15) is 84.5 Å². The van der Waals surface area contributed by atoms with E-state index in [1.54, 1.807) is 0 Å². The largest absolute Gasteiger partial charge is 0.375 e. The standard InChI is InChI=1S/C19H35NO/c1-3-13-20-17(18(4-2)9-5-6-10-18)16-8-14-21-19(15-16)11-7-12-19/h16-17,20H,3-15H2,1-2H3. The van der Waals surface area contributed by atoms with Crippen molar-refractivity contribution in [3.05, 3.63) is 0 Å². The summed E-state index contributed by atoms with van der Waals surface area (Å²) in [5.41, 5.74) is 0.880. The molecule has 3 fully saturated rings. The highest BCUT2D eigenvalue weighted by molar-refractivity contribution is 5.02. The second kappa shape index (κ2) is 6.58. The van der Waals surface area contributed by atoms with Gasteiger partial charge in [0.15, 0.2) is 0 Å². The van der Waals surface area contributed by atoms with E-state index in [4.69, 9.17) is 4.74 Å². The molecule has 2 saturated carbocycles. The molecular formula is C19H35NO. The van der Waals surface area contributed by atoms with E-state index in [1.165, 1.54) is 77.2 Å². The molecule has 2 unspecified atom stereocenters. The zero-order valence-corrected chi connectivity index (χ0v) is 14.3. The van der Waals surface area contributed by atoms with E-state index >= 15 is 0 Å². The summed E-state index contributed by atoms with van der Waals surface area (Å²) in [4.78, 5) is 0. The molecule has 21 heavy (non-hydrogen) atoms. The van der Waals surface area contributed by atoms with Crippen molar-refractivity contribution in [1.82, 2.24) is 5.32 Å². The van der Waals surface area contributed by atoms with Gasteiger partial charge in [0.1, 0.15) is 0 Å². The third kappa shape index (κ3) is 3.03. The summed E-state index contributed by atoms with van der Waals surface area (Å²) in [6.07, 6.45) is 15.1. The minimum absolute atomic E-state index is 0.294. The zero-order chi connectivity index (χ0) is 14.8. The quantitative estimate of drug-likeness (QED) is 0.768. The van der Waals surface area contributed by atoms with E-state index < -0.39 is 0 Å². The number of hydrogen-bond donors (Lipinski definition) is 1. The molecule has 122 valence electrons. The summed E-state index contributed by atoms with van der Waals surface area (Å²) >= 11 is 0. The van der Waals surface area contributed by atoms with Crippen LogP contribution in [0.15, 0.2) is 0 Å². The first kappa shape index (κ1) is 15.8. The minimum Gasteiger partial charge on any atom is -0.375 e. The molecule has 1 spiro atoms. The Bertz CT molecular complexity index is 330. The summed E-state index contributed by atoms with van der Waals surface area (Å²) in [5.74, 6) is 0.851. The smallest absolute Gasteiger partial charge is 0.0685 e. The molecule has 1 heterocycles.